The van der Waals surface area contributed by atoms with Crippen molar-refractivity contribution in [2.75, 3.05) is 25.7 Å². The smallest absolute Gasteiger partial charge is 0.252 e. The zero-order valence-electron chi connectivity index (χ0n) is 10.4. The minimum absolute atomic E-state index is 0.226. The van der Waals surface area contributed by atoms with E-state index in [0.717, 1.165) is 0 Å². The molecule has 0 aliphatic rings. The first kappa shape index (κ1) is 14.7. The standard InChI is InChI=1S/C11H17ClN4O2/c1-7(6-18-2)4-15-11(17)8-3-9(12)10(16-13)14-5-8/h3,5,7H,4,6,13H2,1-2H3,(H,14,16)(H,15,17). The molecule has 1 atom stereocenters. The molecule has 1 rings (SSSR count). The Bertz CT molecular complexity index is 414. The largest absolute Gasteiger partial charge is 0.384 e. The third-order valence-electron chi connectivity index (χ3n) is 2.30. The molecular formula is C11H17ClN4O2. The topological polar surface area (TPSA) is 89.3 Å². The van der Waals surface area contributed by atoms with Crippen LogP contribution in [0.1, 0.15) is 17.3 Å². The minimum Gasteiger partial charge on any atom is -0.384 e. The molecule has 0 aliphatic heterocycles. The van der Waals surface area contributed by atoms with Gasteiger partial charge >= 0.3 is 0 Å². The van der Waals surface area contributed by atoms with Gasteiger partial charge in [-0.2, -0.15) is 0 Å². The van der Waals surface area contributed by atoms with E-state index in [1.165, 1.54) is 12.3 Å². The van der Waals surface area contributed by atoms with Crippen LogP contribution in [0, 0.1) is 5.92 Å². The van der Waals surface area contributed by atoms with E-state index in [9.17, 15) is 4.79 Å². The highest BCUT2D eigenvalue weighted by Crippen LogP contribution is 2.18. The number of carbonyl (C=O) groups is 1. The summed E-state index contributed by atoms with van der Waals surface area (Å²) in [7, 11) is 1.63. The maximum absolute atomic E-state index is 11.8. The number of hydrogen-bond acceptors (Lipinski definition) is 5. The lowest BCUT2D eigenvalue weighted by atomic mass is 10.2. The van der Waals surface area contributed by atoms with Crippen molar-refractivity contribution in [3.05, 3.63) is 22.8 Å². The van der Waals surface area contributed by atoms with Crippen LogP contribution in [0.15, 0.2) is 12.3 Å². The van der Waals surface area contributed by atoms with E-state index < -0.39 is 0 Å². The number of nitrogens with two attached hydrogens (primary N) is 1. The monoisotopic (exact) mass is 272 g/mol. The van der Waals surface area contributed by atoms with Gasteiger partial charge in [0.1, 0.15) is 0 Å². The molecule has 7 heteroatoms. The summed E-state index contributed by atoms with van der Waals surface area (Å²) in [6, 6.07) is 1.51. The molecule has 1 amide bonds. The van der Waals surface area contributed by atoms with Crippen LogP contribution in [0.4, 0.5) is 5.82 Å². The lowest BCUT2D eigenvalue weighted by molar-refractivity contribution is 0.0934. The average Bonchev–Trinajstić information content (AvgIpc) is 2.36. The number of methoxy groups -OCH3 is 1. The highest BCUT2D eigenvalue weighted by molar-refractivity contribution is 6.33. The van der Waals surface area contributed by atoms with Gasteiger partial charge in [-0.15, -0.1) is 0 Å². The Hall–Kier alpha value is -1.37. The highest BCUT2D eigenvalue weighted by Gasteiger charge is 2.10. The summed E-state index contributed by atoms with van der Waals surface area (Å²) in [5.74, 6) is 5.55. The van der Waals surface area contributed by atoms with Gasteiger partial charge in [0.25, 0.3) is 5.91 Å². The molecule has 0 saturated carbocycles. The van der Waals surface area contributed by atoms with E-state index in [-0.39, 0.29) is 11.8 Å². The van der Waals surface area contributed by atoms with Gasteiger partial charge < -0.3 is 15.5 Å². The van der Waals surface area contributed by atoms with Gasteiger partial charge in [-0.25, -0.2) is 10.8 Å². The maximum Gasteiger partial charge on any atom is 0.252 e. The second-order valence-corrected chi connectivity index (χ2v) is 4.38. The van der Waals surface area contributed by atoms with Crippen molar-refractivity contribution in [3.63, 3.8) is 0 Å². The predicted molar refractivity (Wildman–Crippen MR) is 70.4 cm³/mol. The Morgan fingerprint density at radius 2 is 2.39 bits per heavy atom. The lowest BCUT2D eigenvalue weighted by Crippen LogP contribution is -2.30. The molecule has 6 nitrogen and oxygen atoms in total. The van der Waals surface area contributed by atoms with Gasteiger partial charge in [0.05, 0.1) is 17.2 Å². The second-order valence-electron chi connectivity index (χ2n) is 3.97. The molecule has 0 fully saturated rings. The van der Waals surface area contributed by atoms with Gasteiger partial charge in [0.2, 0.25) is 0 Å². The first-order valence-electron chi connectivity index (χ1n) is 5.47. The highest BCUT2D eigenvalue weighted by atomic mass is 35.5. The molecule has 0 spiro atoms. The van der Waals surface area contributed by atoms with Gasteiger partial charge in [0, 0.05) is 19.9 Å². The lowest BCUT2D eigenvalue weighted by Gasteiger charge is -2.11. The molecular weight excluding hydrogens is 256 g/mol. The van der Waals surface area contributed by atoms with Crippen LogP contribution < -0.4 is 16.6 Å². The zero-order chi connectivity index (χ0) is 13.5. The van der Waals surface area contributed by atoms with Crippen molar-refractivity contribution in [1.82, 2.24) is 10.3 Å². The van der Waals surface area contributed by atoms with Crippen LogP contribution in [0.2, 0.25) is 5.02 Å². The predicted octanol–water partition coefficient (Wildman–Crippen LogP) is 1.03. The molecule has 1 heterocycles. The molecule has 0 aromatic carbocycles. The first-order valence-corrected chi connectivity index (χ1v) is 5.85. The number of halogens is 1. The molecule has 0 saturated heterocycles. The number of anilines is 1. The van der Waals surface area contributed by atoms with Crippen LogP contribution in [-0.4, -0.2) is 31.2 Å². The van der Waals surface area contributed by atoms with Crippen molar-refractivity contribution >= 4 is 23.3 Å². The van der Waals surface area contributed by atoms with E-state index in [0.29, 0.717) is 29.6 Å². The van der Waals surface area contributed by atoms with Gasteiger partial charge in [-0.3, -0.25) is 4.79 Å². The number of nitrogen functional groups attached to an aromatic ring is 1. The number of hydrogen-bond donors (Lipinski definition) is 3. The number of rotatable bonds is 6. The number of ether oxygens (including phenoxy) is 1. The second kappa shape index (κ2) is 7.15. The minimum atomic E-state index is -0.226. The third kappa shape index (κ3) is 4.14. The van der Waals surface area contributed by atoms with E-state index in [2.05, 4.69) is 15.7 Å². The van der Waals surface area contributed by atoms with Crippen molar-refractivity contribution in [1.29, 1.82) is 0 Å². The molecule has 0 radical (unpaired) electrons. The molecule has 4 N–H and O–H groups in total. The van der Waals surface area contributed by atoms with E-state index in [1.807, 2.05) is 6.92 Å². The fourth-order valence-corrected chi connectivity index (χ4v) is 1.60. The molecule has 1 aromatic heterocycles. The fraction of sp³-hybridized carbons (Fsp3) is 0.455. The Balaban J connectivity index is 2.59. The van der Waals surface area contributed by atoms with E-state index >= 15 is 0 Å². The fourth-order valence-electron chi connectivity index (χ4n) is 1.38. The van der Waals surface area contributed by atoms with Crippen LogP contribution >= 0.6 is 11.6 Å². The molecule has 1 aromatic rings. The van der Waals surface area contributed by atoms with Crippen LogP contribution in [0.5, 0.6) is 0 Å². The molecule has 100 valence electrons. The van der Waals surface area contributed by atoms with Crippen LogP contribution in [-0.2, 0) is 4.74 Å². The zero-order valence-corrected chi connectivity index (χ0v) is 11.1. The summed E-state index contributed by atoms with van der Waals surface area (Å²) in [4.78, 5) is 15.7. The Morgan fingerprint density at radius 1 is 1.67 bits per heavy atom. The Morgan fingerprint density at radius 3 is 2.94 bits per heavy atom. The van der Waals surface area contributed by atoms with Crippen molar-refractivity contribution < 1.29 is 9.53 Å². The normalized spacial score (nSPS) is 12.0. The van der Waals surface area contributed by atoms with E-state index in [1.54, 1.807) is 7.11 Å². The molecule has 1 unspecified atom stereocenters. The van der Waals surface area contributed by atoms with Gasteiger partial charge in [0.15, 0.2) is 5.82 Å². The number of carbonyl (C=O) groups excluding carboxylic acids is 1. The van der Waals surface area contributed by atoms with E-state index in [4.69, 9.17) is 22.2 Å². The average molecular weight is 273 g/mol. The van der Waals surface area contributed by atoms with Crippen LogP contribution in [0.3, 0.4) is 0 Å². The molecule has 0 aliphatic carbocycles. The Labute approximate surface area is 111 Å². The number of pyridine rings is 1. The van der Waals surface area contributed by atoms with Crippen molar-refractivity contribution in [2.24, 2.45) is 11.8 Å². The summed E-state index contributed by atoms with van der Waals surface area (Å²) in [6.07, 6.45) is 1.41. The number of hydrazine groups is 1. The molecule has 18 heavy (non-hydrogen) atoms. The summed E-state index contributed by atoms with van der Waals surface area (Å²) < 4.78 is 4.98. The third-order valence-corrected chi connectivity index (χ3v) is 2.59. The molecule has 0 bridgehead atoms. The maximum atomic E-state index is 11.8. The number of nitrogens with one attached hydrogen (secondary N) is 2. The Kier molecular flexibility index (Phi) is 5.84. The van der Waals surface area contributed by atoms with Gasteiger partial charge in [-0.05, 0) is 12.0 Å². The van der Waals surface area contributed by atoms with Crippen molar-refractivity contribution in [2.45, 2.75) is 6.92 Å². The summed E-state index contributed by atoms with van der Waals surface area (Å²) in [6.45, 7) is 3.10. The number of aromatic nitrogens is 1. The van der Waals surface area contributed by atoms with Crippen LogP contribution in [0.25, 0.3) is 0 Å². The van der Waals surface area contributed by atoms with Gasteiger partial charge in [-0.1, -0.05) is 18.5 Å². The SMILES string of the molecule is COCC(C)CNC(=O)c1cnc(NN)c(Cl)c1. The summed E-state index contributed by atoms with van der Waals surface area (Å²) in [5, 5.41) is 3.08. The number of nitrogens with zero attached hydrogens (tertiary/aromatic N) is 1. The van der Waals surface area contributed by atoms with Crippen molar-refractivity contribution in [3.8, 4) is 0 Å². The quantitative estimate of drug-likeness (QED) is 0.532. The summed E-state index contributed by atoms with van der Waals surface area (Å²) in [5.41, 5.74) is 2.73. The number of amides is 1. The summed E-state index contributed by atoms with van der Waals surface area (Å²) >= 11 is 5.88. The first-order chi connectivity index (χ1) is 8.58.